The molecule has 0 radical (unpaired) electrons. The largest absolute Gasteiger partial charge is 0.319 e. The second-order valence-corrected chi connectivity index (χ2v) is 4.04. The summed E-state index contributed by atoms with van der Waals surface area (Å²) in [6, 6.07) is 6.23. The number of Topliss-reactive ketones (excluding diaryl/α,β-unsaturated/α-hetero) is 2. The zero-order valence-electron chi connectivity index (χ0n) is 11.4. The van der Waals surface area contributed by atoms with Crippen molar-refractivity contribution >= 4 is 34.8 Å². The maximum absolute atomic E-state index is 11.4. The molecule has 0 heterocycles. The van der Waals surface area contributed by atoms with Gasteiger partial charge in [0.1, 0.15) is 0 Å². The van der Waals surface area contributed by atoms with Crippen molar-refractivity contribution in [2.75, 3.05) is 10.6 Å². The summed E-state index contributed by atoms with van der Waals surface area (Å²) in [5.74, 6) is -2.47. The van der Waals surface area contributed by atoms with Crippen LogP contribution in [0.2, 0.25) is 0 Å². The van der Waals surface area contributed by atoms with Gasteiger partial charge < -0.3 is 10.6 Å². The maximum Gasteiger partial charge on any atom is 0.291 e. The summed E-state index contributed by atoms with van der Waals surface area (Å²) in [5.41, 5.74) is 0.747. The van der Waals surface area contributed by atoms with Crippen LogP contribution in [0.4, 0.5) is 11.4 Å². The Kier molecular flexibility index (Phi) is 5.58. The second kappa shape index (κ2) is 7.18. The molecule has 0 spiro atoms. The van der Waals surface area contributed by atoms with Crippen LogP contribution in [-0.2, 0) is 19.2 Å². The molecule has 106 valence electrons. The first kappa shape index (κ1) is 15.6. The number of amides is 2. The van der Waals surface area contributed by atoms with Crippen LogP contribution in [0.15, 0.2) is 24.3 Å². The minimum Gasteiger partial charge on any atom is -0.319 e. The van der Waals surface area contributed by atoms with Crippen LogP contribution in [0, 0.1) is 0 Å². The van der Waals surface area contributed by atoms with Gasteiger partial charge in [0.05, 0.1) is 0 Å². The summed E-state index contributed by atoms with van der Waals surface area (Å²) < 4.78 is 0. The number of rotatable bonds is 6. The van der Waals surface area contributed by atoms with Crippen LogP contribution >= 0.6 is 0 Å². The average Bonchev–Trinajstić information content (AvgIpc) is 2.45. The molecule has 6 heteroatoms. The third-order valence-corrected chi connectivity index (χ3v) is 2.53. The van der Waals surface area contributed by atoms with Gasteiger partial charge in [-0.05, 0) is 18.2 Å². The van der Waals surface area contributed by atoms with Gasteiger partial charge in [-0.3, -0.25) is 19.2 Å². The van der Waals surface area contributed by atoms with Gasteiger partial charge in [0.25, 0.3) is 11.8 Å². The SMILES string of the molecule is CCC(=O)C(=O)Nc1cccc(NC(=O)C(=O)CC)c1. The van der Waals surface area contributed by atoms with Gasteiger partial charge in [-0.2, -0.15) is 0 Å². The highest BCUT2D eigenvalue weighted by molar-refractivity contribution is 6.41. The Morgan fingerprint density at radius 3 is 1.60 bits per heavy atom. The molecule has 1 aromatic rings. The Hall–Kier alpha value is -2.50. The summed E-state index contributed by atoms with van der Waals surface area (Å²) in [4.78, 5) is 45.2. The number of ketones is 2. The van der Waals surface area contributed by atoms with E-state index in [0.29, 0.717) is 11.4 Å². The molecular formula is C14H16N2O4. The lowest BCUT2D eigenvalue weighted by Gasteiger charge is -2.07. The molecule has 1 aromatic carbocycles. The van der Waals surface area contributed by atoms with E-state index in [9.17, 15) is 19.2 Å². The molecule has 0 aliphatic rings. The van der Waals surface area contributed by atoms with Crippen LogP contribution in [0.1, 0.15) is 26.7 Å². The van der Waals surface area contributed by atoms with Crippen molar-refractivity contribution in [2.24, 2.45) is 0 Å². The molecule has 1 rings (SSSR count). The first-order valence-corrected chi connectivity index (χ1v) is 6.26. The lowest BCUT2D eigenvalue weighted by Crippen LogP contribution is -2.23. The molecule has 0 atom stereocenters. The fourth-order valence-corrected chi connectivity index (χ4v) is 1.40. The quantitative estimate of drug-likeness (QED) is 0.770. The van der Waals surface area contributed by atoms with E-state index in [0.717, 1.165) is 0 Å². The summed E-state index contributed by atoms with van der Waals surface area (Å²) in [6.45, 7) is 3.18. The van der Waals surface area contributed by atoms with Crippen molar-refractivity contribution in [1.82, 2.24) is 0 Å². The highest BCUT2D eigenvalue weighted by atomic mass is 16.2. The van der Waals surface area contributed by atoms with Crippen molar-refractivity contribution in [2.45, 2.75) is 26.7 Å². The topological polar surface area (TPSA) is 92.3 Å². The Morgan fingerprint density at radius 2 is 1.25 bits per heavy atom. The highest BCUT2D eigenvalue weighted by Crippen LogP contribution is 2.15. The van der Waals surface area contributed by atoms with Crippen LogP contribution in [-0.4, -0.2) is 23.4 Å². The van der Waals surface area contributed by atoms with E-state index in [4.69, 9.17) is 0 Å². The predicted octanol–water partition coefficient (Wildman–Crippen LogP) is 1.52. The molecule has 6 nitrogen and oxygen atoms in total. The molecule has 0 saturated heterocycles. The Labute approximate surface area is 116 Å². The summed E-state index contributed by atoms with van der Waals surface area (Å²) in [6.07, 6.45) is 0.237. The van der Waals surface area contributed by atoms with E-state index in [-0.39, 0.29) is 12.8 Å². The predicted molar refractivity (Wildman–Crippen MR) is 74.3 cm³/mol. The van der Waals surface area contributed by atoms with Gasteiger partial charge in [-0.15, -0.1) is 0 Å². The van der Waals surface area contributed by atoms with E-state index in [2.05, 4.69) is 10.6 Å². The molecule has 0 aromatic heterocycles. The first-order chi connectivity index (χ1) is 9.47. The zero-order valence-corrected chi connectivity index (χ0v) is 11.4. The highest BCUT2D eigenvalue weighted by Gasteiger charge is 2.13. The molecule has 20 heavy (non-hydrogen) atoms. The van der Waals surface area contributed by atoms with Gasteiger partial charge in [0.2, 0.25) is 11.6 Å². The number of hydrogen-bond acceptors (Lipinski definition) is 4. The molecule has 0 bridgehead atoms. The van der Waals surface area contributed by atoms with E-state index in [1.165, 1.54) is 6.07 Å². The number of benzene rings is 1. The molecular weight excluding hydrogens is 260 g/mol. The van der Waals surface area contributed by atoms with Crippen molar-refractivity contribution in [3.63, 3.8) is 0 Å². The third kappa shape index (κ3) is 4.31. The van der Waals surface area contributed by atoms with Gasteiger partial charge in [-0.25, -0.2) is 0 Å². The number of carbonyl (C=O) groups excluding carboxylic acids is 4. The zero-order chi connectivity index (χ0) is 15.1. The number of anilines is 2. The van der Waals surface area contributed by atoms with Gasteiger partial charge in [0, 0.05) is 24.2 Å². The number of nitrogens with one attached hydrogen (secondary N) is 2. The van der Waals surface area contributed by atoms with Gasteiger partial charge in [0.15, 0.2) is 0 Å². The monoisotopic (exact) mass is 276 g/mol. The number of hydrogen-bond donors (Lipinski definition) is 2. The van der Waals surface area contributed by atoms with Crippen molar-refractivity contribution in [3.8, 4) is 0 Å². The lowest BCUT2D eigenvalue weighted by molar-refractivity contribution is -0.134. The Bertz CT molecular complexity index is 507. The van der Waals surface area contributed by atoms with Crippen LogP contribution < -0.4 is 10.6 Å². The summed E-state index contributed by atoms with van der Waals surface area (Å²) in [7, 11) is 0. The van der Waals surface area contributed by atoms with Crippen LogP contribution in [0.5, 0.6) is 0 Å². The third-order valence-electron chi connectivity index (χ3n) is 2.53. The molecule has 0 unspecified atom stereocenters. The summed E-state index contributed by atoms with van der Waals surface area (Å²) in [5, 5.41) is 4.85. The number of carbonyl (C=O) groups is 4. The normalized spacial score (nSPS) is 9.70. The smallest absolute Gasteiger partial charge is 0.291 e. The lowest BCUT2D eigenvalue weighted by atomic mass is 10.2. The van der Waals surface area contributed by atoms with Crippen molar-refractivity contribution < 1.29 is 19.2 Å². The van der Waals surface area contributed by atoms with E-state index in [1.807, 2.05) is 0 Å². The average molecular weight is 276 g/mol. The van der Waals surface area contributed by atoms with E-state index < -0.39 is 23.4 Å². The first-order valence-electron chi connectivity index (χ1n) is 6.26. The van der Waals surface area contributed by atoms with E-state index >= 15 is 0 Å². The Balaban J connectivity index is 2.76. The fourth-order valence-electron chi connectivity index (χ4n) is 1.40. The molecule has 2 N–H and O–H groups in total. The van der Waals surface area contributed by atoms with Gasteiger partial charge >= 0.3 is 0 Å². The minimum atomic E-state index is -0.708. The second-order valence-electron chi connectivity index (χ2n) is 4.04. The molecule has 0 aliphatic carbocycles. The van der Waals surface area contributed by atoms with Gasteiger partial charge in [-0.1, -0.05) is 19.9 Å². The molecule has 0 fully saturated rings. The van der Waals surface area contributed by atoms with Crippen LogP contribution in [0.3, 0.4) is 0 Å². The standard InChI is InChI=1S/C14H16N2O4/c1-3-11(17)13(19)15-9-6-5-7-10(8-9)16-14(20)12(18)4-2/h5-8H,3-4H2,1-2H3,(H,15,19)(H,16,20). The maximum atomic E-state index is 11.4. The molecule has 0 saturated carbocycles. The summed E-state index contributed by atoms with van der Waals surface area (Å²) >= 11 is 0. The van der Waals surface area contributed by atoms with Crippen molar-refractivity contribution in [1.29, 1.82) is 0 Å². The minimum absolute atomic E-state index is 0.118. The molecule has 2 amide bonds. The van der Waals surface area contributed by atoms with E-state index in [1.54, 1.807) is 32.0 Å². The fraction of sp³-hybridized carbons (Fsp3) is 0.286. The Morgan fingerprint density at radius 1 is 0.850 bits per heavy atom. The molecule has 0 aliphatic heterocycles. The van der Waals surface area contributed by atoms with Crippen molar-refractivity contribution in [3.05, 3.63) is 24.3 Å². The van der Waals surface area contributed by atoms with Crippen LogP contribution in [0.25, 0.3) is 0 Å².